The van der Waals surface area contributed by atoms with Crippen LogP contribution in [0.1, 0.15) is 60.0 Å². The first-order valence-electron chi connectivity index (χ1n) is 11.6. The van der Waals surface area contributed by atoms with Crippen LogP contribution in [0.5, 0.6) is 0 Å². The maximum absolute atomic E-state index is 12.8. The molecule has 2 unspecified atom stereocenters. The van der Waals surface area contributed by atoms with E-state index in [4.69, 9.17) is 5.73 Å². The molecule has 1 aromatic carbocycles. The van der Waals surface area contributed by atoms with Crippen LogP contribution in [-0.4, -0.2) is 60.2 Å². The number of carbonyl (C=O) groups excluding carboxylic acids is 3. The fourth-order valence-corrected chi connectivity index (χ4v) is 8.41. The average Bonchev–Trinajstić information content (AvgIpc) is 3.07. The second kappa shape index (κ2) is 8.18. The van der Waals surface area contributed by atoms with E-state index in [-0.39, 0.29) is 30.0 Å². The summed E-state index contributed by atoms with van der Waals surface area (Å²) in [5.41, 5.74) is 8.21. The SMILES string of the molecule is NCC1CC2(C1)CC(NCc1ccc3c(c1)CN(C1CCC(=O)NC1=O)C3=O)CCS2(=O)=O. The van der Waals surface area contributed by atoms with Gasteiger partial charge in [0, 0.05) is 31.1 Å². The molecule has 9 nitrogen and oxygen atoms in total. The number of amides is 3. The molecule has 3 heterocycles. The number of fused-ring (bicyclic) bond motifs is 1. The highest BCUT2D eigenvalue weighted by atomic mass is 32.2. The molecule has 2 saturated heterocycles. The zero-order valence-corrected chi connectivity index (χ0v) is 19.3. The highest BCUT2D eigenvalue weighted by molar-refractivity contribution is 7.92. The first-order valence-corrected chi connectivity index (χ1v) is 13.3. The predicted molar refractivity (Wildman–Crippen MR) is 121 cm³/mol. The summed E-state index contributed by atoms with van der Waals surface area (Å²) >= 11 is 0. The van der Waals surface area contributed by atoms with E-state index in [0.717, 1.165) is 11.1 Å². The van der Waals surface area contributed by atoms with Gasteiger partial charge in [-0.2, -0.15) is 0 Å². The summed E-state index contributed by atoms with van der Waals surface area (Å²) in [5.74, 6) is -0.380. The van der Waals surface area contributed by atoms with Crippen molar-refractivity contribution < 1.29 is 22.8 Å². The molecule has 10 heteroatoms. The van der Waals surface area contributed by atoms with Gasteiger partial charge in [0.05, 0.1) is 10.5 Å². The van der Waals surface area contributed by atoms with E-state index < -0.39 is 26.5 Å². The second-order valence-corrected chi connectivity index (χ2v) is 12.5. The van der Waals surface area contributed by atoms with E-state index in [2.05, 4.69) is 10.6 Å². The van der Waals surface area contributed by atoms with E-state index in [1.807, 2.05) is 12.1 Å². The molecule has 1 spiro atoms. The van der Waals surface area contributed by atoms with Crippen LogP contribution in [0.2, 0.25) is 0 Å². The molecule has 3 amide bonds. The maximum atomic E-state index is 12.8. The van der Waals surface area contributed by atoms with Gasteiger partial charge in [-0.05, 0) is 61.8 Å². The Morgan fingerprint density at radius 3 is 2.67 bits per heavy atom. The Kier molecular flexibility index (Phi) is 5.57. The molecule has 2 atom stereocenters. The molecule has 3 fully saturated rings. The minimum Gasteiger partial charge on any atom is -0.330 e. The number of carbonyl (C=O) groups is 3. The Hall–Kier alpha value is -2.30. The summed E-state index contributed by atoms with van der Waals surface area (Å²) in [6.07, 6.45) is 3.14. The van der Waals surface area contributed by atoms with Gasteiger partial charge < -0.3 is 16.0 Å². The van der Waals surface area contributed by atoms with E-state index in [9.17, 15) is 22.8 Å². The quantitative estimate of drug-likeness (QED) is 0.519. The zero-order valence-electron chi connectivity index (χ0n) is 18.5. The number of hydrogen-bond donors (Lipinski definition) is 3. The van der Waals surface area contributed by atoms with Crippen LogP contribution in [0.25, 0.3) is 0 Å². The lowest BCUT2D eigenvalue weighted by molar-refractivity contribution is -0.136. The number of nitrogens with one attached hydrogen (secondary N) is 2. The van der Waals surface area contributed by atoms with Gasteiger partial charge >= 0.3 is 0 Å². The fraction of sp³-hybridized carbons (Fsp3) is 0.609. The summed E-state index contributed by atoms with van der Waals surface area (Å²) in [5, 5.41) is 5.84. The number of rotatable bonds is 5. The summed E-state index contributed by atoms with van der Waals surface area (Å²) in [7, 11) is -3.08. The van der Waals surface area contributed by atoms with Gasteiger partial charge in [0.1, 0.15) is 6.04 Å². The van der Waals surface area contributed by atoms with Crippen LogP contribution in [0, 0.1) is 5.92 Å². The van der Waals surface area contributed by atoms with Crippen molar-refractivity contribution in [2.45, 2.75) is 68.4 Å². The van der Waals surface area contributed by atoms with Crippen molar-refractivity contribution >= 4 is 27.6 Å². The summed E-state index contributed by atoms with van der Waals surface area (Å²) in [6.45, 7) is 1.47. The van der Waals surface area contributed by atoms with Gasteiger partial charge in [-0.15, -0.1) is 0 Å². The van der Waals surface area contributed by atoms with Crippen molar-refractivity contribution in [2.24, 2.45) is 11.7 Å². The van der Waals surface area contributed by atoms with Gasteiger partial charge in [-0.25, -0.2) is 8.42 Å². The molecule has 178 valence electrons. The average molecular weight is 475 g/mol. The third kappa shape index (κ3) is 3.87. The number of benzene rings is 1. The molecular weight excluding hydrogens is 444 g/mol. The van der Waals surface area contributed by atoms with Crippen LogP contribution in [0.15, 0.2) is 18.2 Å². The van der Waals surface area contributed by atoms with E-state index in [1.54, 1.807) is 11.0 Å². The maximum Gasteiger partial charge on any atom is 0.255 e. The normalized spacial score (nSPS) is 33.1. The van der Waals surface area contributed by atoms with Crippen molar-refractivity contribution in [1.82, 2.24) is 15.5 Å². The molecule has 0 radical (unpaired) electrons. The second-order valence-electron chi connectivity index (χ2n) is 9.97. The third-order valence-electron chi connectivity index (χ3n) is 7.85. The van der Waals surface area contributed by atoms with E-state index in [0.29, 0.717) is 63.2 Å². The van der Waals surface area contributed by atoms with Crippen molar-refractivity contribution in [3.63, 3.8) is 0 Å². The van der Waals surface area contributed by atoms with Gasteiger partial charge in [0.15, 0.2) is 9.84 Å². The molecule has 0 bridgehead atoms. The number of imide groups is 1. The minimum atomic E-state index is -3.08. The Bertz CT molecular complexity index is 1110. The highest BCUT2D eigenvalue weighted by Crippen LogP contribution is 2.49. The number of sulfone groups is 1. The zero-order chi connectivity index (χ0) is 23.4. The third-order valence-corrected chi connectivity index (χ3v) is 10.4. The van der Waals surface area contributed by atoms with Gasteiger partial charge in [-0.1, -0.05) is 12.1 Å². The van der Waals surface area contributed by atoms with Crippen LogP contribution in [0.4, 0.5) is 0 Å². The van der Waals surface area contributed by atoms with Crippen LogP contribution in [0.3, 0.4) is 0 Å². The van der Waals surface area contributed by atoms with Crippen LogP contribution < -0.4 is 16.4 Å². The first kappa shape index (κ1) is 22.5. The Morgan fingerprint density at radius 2 is 1.94 bits per heavy atom. The lowest BCUT2D eigenvalue weighted by Crippen LogP contribution is -2.59. The molecule has 1 aliphatic carbocycles. The Morgan fingerprint density at radius 1 is 1.15 bits per heavy atom. The topological polar surface area (TPSA) is 139 Å². The monoisotopic (exact) mass is 474 g/mol. The summed E-state index contributed by atoms with van der Waals surface area (Å²) in [4.78, 5) is 38.0. The smallest absolute Gasteiger partial charge is 0.255 e. The van der Waals surface area contributed by atoms with Crippen LogP contribution in [-0.2, 0) is 32.5 Å². The van der Waals surface area contributed by atoms with Crippen molar-refractivity contribution in [1.29, 1.82) is 0 Å². The molecule has 33 heavy (non-hydrogen) atoms. The minimum absolute atomic E-state index is 0.127. The van der Waals surface area contributed by atoms with Crippen molar-refractivity contribution in [2.75, 3.05) is 12.3 Å². The Labute approximate surface area is 193 Å². The van der Waals surface area contributed by atoms with Crippen molar-refractivity contribution in [3.8, 4) is 0 Å². The molecule has 4 aliphatic rings. The first-order chi connectivity index (χ1) is 15.7. The Balaban J connectivity index is 1.22. The molecule has 4 N–H and O–H groups in total. The largest absolute Gasteiger partial charge is 0.330 e. The van der Waals surface area contributed by atoms with Gasteiger partial charge in [-0.3, -0.25) is 19.7 Å². The number of hydrogen-bond acceptors (Lipinski definition) is 7. The lowest BCUT2D eigenvalue weighted by Gasteiger charge is -2.50. The molecule has 1 saturated carbocycles. The highest BCUT2D eigenvalue weighted by Gasteiger charge is 2.55. The van der Waals surface area contributed by atoms with Gasteiger partial charge in [0.25, 0.3) is 5.91 Å². The predicted octanol–water partition coefficient (Wildman–Crippen LogP) is 0.222. The van der Waals surface area contributed by atoms with Gasteiger partial charge in [0.2, 0.25) is 11.8 Å². The molecule has 0 aromatic heterocycles. The molecule has 3 aliphatic heterocycles. The van der Waals surface area contributed by atoms with E-state index >= 15 is 0 Å². The summed E-state index contributed by atoms with van der Waals surface area (Å²) < 4.78 is 24.7. The standard InChI is InChI=1S/C23H30N4O5S/c24-11-15-8-23(9-15)10-17(5-6-33(23,31)32)25-12-14-1-2-18-16(7-14)13-27(22(18)30)19-3-4-20(28)26-21(19)29/h1-2,7,15,17,19,25H,3-6,8-13,24H2,(H,26,28,29). The molecule has 5 rings (SSSR count). The fourth-order valence-electron chi connectivity index (χ4n) is 5.95. The summed E-state index contributed by atoms with van der Waals surface area (Å²) in [6, 6.07) is 5.19. The lowest BCUT2D eigenvalue weighted by atomic mass is 9.70. The van der Waals surface area contributed by atoms with E-state index in [1.165, 1.54) is 0 Å². The number of nitrogens with two attached hydrogens (primary N) is 1. The van der Waals surface area contributed by atoms with Crippen molar-refractivity contribution in [3.05, 3.63) is 34.9 Å². The number of piperidine rings is 1. The number of nitrogens with zero attached hydrogens (tertiary/aromatic N) is 1. The molecule has 1 aromatic rings. The van der Waals surface area contributed by atoms with Crippen LogP contribution >= 0.6 is 0 Å². The molecular formula is C23H30N4O5S.